The van der Waals surface area contributed by atoms with Gasteiger partial charge in [0.1, 0.15) is 11.8 Å². The maximum Gasteiger partial charge on any atom is 0.261 e. The molecule has 8 heteroatoms. The number of nitrogens with zero attached hydrogens (tertiary/aromatic N) is 1. The molecule has 36 heavy (non-hydrogen) atoms. The van der Waals surface area contributed by atoms with Crippen LogP contribution in [0.15, 0.2) is 72.8 Å². The van der Waals surface area contributed by atoms with E-state index in [2.05, 4.69) is 5.32 Å². The van der Waals surface area contributed by atoms with E-state index in [0.29, 0.717) is 39.3 Å². The van der Waals surface area contributed by atoms with Crippen molar-refractivity contribution in [1.29, 1.82) is 0 Å². The molecule has 2 amide bonds. The molecule has 0 radical (unpaired) electrons. The summed E-state index contributed by atoms with van der Waals surface area (Å²) in [6.07, 6.45) is 0.332. The first-order valence-electron chi connectivity index (χ1n) is 11.7. The van der Waals surface area contributed by atoms with Crippen molar-refractivity contribution in [2.24, 2.45) is 5.92 Å². The van der Waals surface area contributed by atoms with Crippen LogP contribution in [0.2, 0.25) is 15.1 Å². The number of hydrogen-bond acceptors (Lipinski definition) is 3. The van der Waals surface area contributed by atoms with Crippen LogP contribution in [0.4, 0.5) is 0 Å². The van der Waals surface area contributed by atoms with E-state index in [0.717, 1.165) is 5.56 Å². The Labute approximate surface area is 227 Å². The van der Waals surface area contributed by atoms with E-state index in [1.165, 1.54) is 4.90 Å². The van der Waals surface area contributed by atoms with Crippen molar-refractivity contribution in [2.75, 3.05) is 13.2 Å². The molecule has 0 spiro atoms. The van der Waals surface area contributed by atoms with Gasteiger partial charge < -0.3 is 15.0 Å². The first-order valence-corrected chi connectivity index (χ1v) is 12.8. The molecule has 0 aliphatic rings. The van der Waals surface area contributed by atoms with Crippen molar-refractivity contribution in [3.63, 3.8) is 0 Å². The first-order chi connectivity index (χ1) is 17.2. The van der Waals surface area contributed by atoms with Crippen LogP contribution >= 0.6 is 34.8 Å². The van der Waals surface area contributed by atoms with E-state index in [4.69, 9.17) is 39.5 Å². The van der Waals surface area contributed by atoms with Crippen molar-refractivity contribution in [3.05, 3.63) is 99.0 Å². The van der Waals surface area contributed by atoms with Crippen LogP contribution in [0.3, 0.4) is 0 Å². The second kappa shape index (κ2) is 13.5. The molecule has 3 aromatic rings. The maximum atomic E-state index is 13.6. The lowest BCUT2D eigenvalue weighted by molar-refractivity contribution is -0.142. The Bertz CT molecular complexity index is 1170. The van der Waals surface area contributed by atoms with Crippen LogP contribution in [-0.2, 0) is 22.6 Å². The summed E-state index contributed by atoms with van der Waals surface area (Å²) < 4.78 is 5.73. The zero-order valence-electron chi connectivity index (χ0n) is 20.2. The van der Waals surface area contributed by atoms with Crippen LogP contribution in [0, 0.1) is 5.92 Å². The third-order valence-electron chi connectivity index (χ3n) is 5.47. The number of ether oxygens (including phenoxy) is 1. The molecular weight excluding hydrogens is 519 g/mol. The van der Waals surface area contributed by atoms with Crippen LogP contribution in [0.5, 0.6) is 5.75 Å². The van der Waals surface area contributed by atoms with Gasteiger partial charge in [0.25, 0.3) is 5.91 Å². The number of amides is 2. The smallest absolute Gasteiger partial charge is 0.261 e. The molecule has 0 saturated heterocycles. The molecule has 0 bridgehead atoms. The van der Waals surface area contributed by atoms with Crippen molar-refractivity contribution >= 4 is 46.6 Å². The summed E-state index contributed by atoms with van der Waals surface area (Å²) in [6, 6.07) is 20.7. The van der Waals surface area contributed by atoms with E-state index in [1.807, 2.05) is 44.2 Å². The van der Waals surface area contributed by atoms with Gasteiger partial charge >= 0.3 is 0 Å². The highest BCUT2D eigenvalue weighted by Crippen LogP contribution is 2.24. The normalized spacial score (nSPS) is 11.7. The van der Waals surface area contributed by atoms with E-state index in [1.54, 1.807) is 42.5 Å². The van der Waals surface area contributed by atoms with Crippen molar-refractivity contribution < 1.29 is 14.3 Å². The van der Waals surface area contributed by atoms with E-state index < -0.39 is 6.04 Å². The summed E-state index contributed by atoms with van der Waals surface area (Å²) in [5.41, 5.74) is 1.60. The zero-order chi connectivity index (χ0) is 26.1. The SMILES string of the molecule is CC(C)CNC(=O)C(Cc1ccccc1)N(Cc1ccc(Cl)cc1Cl)C(=O)COc1cccc(Cl)c1. The monoisotopic (exact) mass is 546 g/mol. The first kappa shape index (κ1) is 27.9. The number of nitrogens with one attached hydrogen (secondary N) is 1. The largest absolute Gasteiger partial charge is 0.484 e. The zero-order valence-corrected chi connectivity index (χ0v) is 22.5. The van der Waals surface area contributed by atoms with Crippen molar-refractivity contribution in [3.8, 4) is 5.75 Å². The topological polar surface area (TPSA) is 58.6 Å². The molecular formula is C28H29Cl3N2O3. The van der Waals surface area contributed by atoms with Gasteiger partial charge in [-0.25, -0.2) is 0 Å². The standard InChI is InChI=1S/C28H29Cl3N2O3/c1-19(2)16-32-28(35)26(13-20-7-4-3-5-8-20)33(17-21-11-12-23(30)15-25(21)31)27(34)18-36-24-10-6-9-22(29)14-24/h3-12,14-15,19,26H,13,16-18H2,1-2H3,(H,32,35). The maximum absolute atomic E-state index is 13.6. The third-order valence-corrected chi connectivity index (χ3v) is 6.29. The molecule has 0 fully saturated rings. The van der Waals surface area contributed by atoms with Gasteiger partial charge in [-0.15, -0.1) is 0 Å². The fourth-order valence-corrected chi connectivity index (χ4v) is 4.24. The van der Waals surface area contributed by atoms with Gasteiger partial charge in [-0.1, -0.05) is 91.1 Å². The number of carbonyl (C=O) groups excluding carboxylic acids is 2. The fourth-order valence-electron chi connectivity index (χ4n) is 3.59. The Hall–Kier alpha value is -2.73. The summed E-state index contributed by atoms with van der Waals surface area (Å²) in [4.78, 5) is 28.5. The third kappa shape index (κ3) is 8.44. The molecule has 1 N–H and O–H groups in total. The Morgan fingerprint density at radius 1 is 0.917 bits per heavy atom. The molecule has 0 aromatic heterocycles. The van der Waals surface area contributed by atoms with Crippen LogP contribution < -0.4 is 10.1 Å². The van der Waals surface area contributed by atoms with Crippen molar-refractivity contribution in [2.45, 2.75) is 32.9 Å². The Morgan fingerprint density at radius 2 is 1.64 bits per heavy atom. The molecule has 0 aliphatic carbocycles. The van der Waals surface area contributed by atoms with Crippen LogP contribution in [0.25, 0.3) is 0 Å². The van der Waals surface area contributed by atoms with Gasteiger partial charge in [0.2, 0.25) is 5.91 Å². The molecule has 190 valence electrons. The molecule has 1 atom stereocenters. The van der Waals surface area contributed by atoms with Gasteiger partial charge in [0, 0.05) is 34.6 Å². The lowest BCUT2D eigenvalue weighted by atomic mass is 10.0. The van der Waals surface area contributed by atoms with Gasteiger partial charge in [0.05, 0.1) is 0 Å². The van der Waals surface area contributed by atoms with E-state index in [-0.39, 0.29) is 30.9 Å². The number of benzene rings is 3. The molecule has 3 aromatic carbocycles. The predicted molar refractivity (Wildman–Crippen MR) is 146 cm³/mol. The molecule has 0 aliphatic heterocycles. The van der Waals surface area contributed by atoms with Gasteiger partial charge in [0.15, 0.2) is 6.61 Å². The molecule has 0 heterocycles. The van der Waals surface area contributed by atoms with Gasteiger partial charge in [-0.05, 0) is 47.4 Å². The molecule has 0 saturated carbocycles. The predicted octanol–water partition coefficient (Wildman–Crippen LogP) is 6.44. The quantitative estimate of drug-likeness (QED) is 0.301. The molecule has 5 nitrogen and oxygen atoms in total. The number of hydrogen-bond donors (Lipinski definition) is 1. The minimum atomic E-state index is -0.784. The van der Waals surface area contributed by atoms with Crippen LogP contribution in [-0.4, -0.2) is 35.9 Å². The average Bonchev–Trinajstić information content (AvgIpc) is 2.85. The van der Waals surface area contributed by atoms with E-state index >= 15 is 0 Å². The Morgan fingerprint density at radius 3 is 2.31 bits per heavy atom. The van der Waals surface area contributed by atoms with Gasteiger partial charge in [-0.2, -0.15) is 0 Å². The lowest BCUT2D eigenvalue weighted by Gasteiger charge is -2.32. The summed E-state index contributed by atoms with van der Waals surface area (Å²) in [5, 5.41) is 4.38. The Balaban J connectivity index is 1.93. The summed E-state index contributed by atoms with van der Waals surface area (Å²) >= 11 is 18.6. The minimum absolute atomic E-state index is 0.111. The molecule has 3 rings (SSSR count). The average molecular weight is 548 g/mol. The van der Waals surface area contributed by atoms with Gasteiger partial charge in [-0.3, -0.25) is 9.59 Å². The Kier molecular flexibility index (Phi) is 10.5. The number of rotatable bonds is 11. The van der Waals surface area contributed by atoms with Crippen molar-refractivity contribution in [1.82, 2.24) is 10.2 Å². The highest BCUT2D eigenvalue weighted by atomic mass is 35.5. The second-order valence-corrected chi connectivity index (χ2v) is 10.1. The second-order valence-electron chi connectivity index (χ2n) is 8.85. The van der Waals surface area contributed by atoms with E-state index in [9.17, 15) is 9.59 Å². The number of halogens is 3. The van der Waals surface area contributed by atoms with Crippen LogP contribution in [0.1, 0.15) is 25.0 Å². The summed E-state index contributed by atoms with van der Waals surface area (Å²) in [7, 11) is 0. The summed E-state index contributed by atoms with van der Waals surface area (Å²) in [6.45, 7) is 4.37. The minimum Gasteiger partial charge on any atom is -0.484 e. The molecule has 1 unspecified atom stereocenters. The summed E-state index contributed by atoms with van der Waals surface area (Å²) in [5.74, 6) is 0.118. The highest BCUT2D eigenvalue weighted by Gasteiger charge is 2.31. The lowest BCUT2D eigenvalue weighted by Crippen LogP contribution is -2.52. The highest BCUT2D eigenvalue weighted by molar-refractivity contribution is 6.35. The fraction of sp³-hybridized carbons (Fsp3) is 0.286. The number of carbonyl (C=O) groups is 2.